The van der Waals surface area contributed by atoms with E-state index >= 15 is 0 Å². The maximum Gasteiger partial charge on any atom is 0.325 e. The lowest BCUT2D eigenvalue weighted by Gasteiger charge is -2.26. The molecule has 0 heterocycles. The highest BCUT2D eigenvalue weighted by atomic mass is 16.4. The van der Waals surface area contributed by atoms with Gasteiger partial charge in [0.05, 0.1) is 12.5 Å². The van der Waals surface area contributed by atoms with E-state index in [1.54, 1.807) is 13.8 Å². The van der Waals surface area contributed by atoms with Crippen molar-refractivity contribution in [3.8, 4) is 0 Å². The number of carbonyl (C=O) groups is 5. The molecule has 0 aromatic carbocycles. The summed E-state index contributed by atoms with van der Waals surface area (Å²) in [7, 11) is 0. The molecule has 0 spiro atoms. The largest absolute Gasteiger partial charge is 0.480 e. The lowest BCUT2D eigenvalue weighted by Crippen LogP contribution is -2.59. The highest BCUT2D eigenvalue weighted by Gasteiger charge is 2.32. The van der Waals surface area contributed by atoms with Crippen LogP contribution < -0.4 is 27.4 Å². The van der Waals surface area contributed by atoms with Crippen molar-refractivity contribution in [2.24, 2.45) is 17.4 Å². The minimum absolute atomic E-state index is 0.436. The third kappa shape index (κ3) is 8.31. The summed E-state index contributed by atoms with van der Waals surface area (Å²) in [5.74, 6) is -5.11. The molecule has 0 aromatic rings. The van der Waals surface area contributed by atoms with E-state index in [4.69, 9.17) is 16.6 Å². The molecule has 0 saturated carbocycles. The second-order valence-electron chi connectivity index (χ2n) is 6.80. The van der Waals surface area contributed by atoms with Crippen molar-refractivity contribution >= 4 is 29.6 Å². The highest BCUT2D eigenvalue weighted by Crippen LogP contribution is 2.05. The average molecular weight is 403 g/mol. The van der Waals surface area contributed by atoms with Gasteiger partial charge in [0, 0.05) is 0 Å². The topological polar surface area (TPSA) is 214 Å². The van der Waals surface area contributed by atoms with Crippen molar-refractivity contribution in [3.63, 3.8) is 0 Å². The summed E-state index contributed by atoms with van der Waals surface area (Å²) < 4.78 is 0. The van der Waals surface area contributed by atoms with E-state index in [0.29, 0.717) is 0 Å². The van der Waals surface area contributed by atoms with E-state index < -0.39 is 72.2 Å². The van der Waals surface area contributed by atoms with Crippen molar-refractivity contribution in [1.29, 1.82) is 0 Å². The summed E-state index contributed by atoms with van der Waals surface area (Å²) in [4.78, 5) is 58.9. The van der Waals surface area contributed by atoms with Crippen molar-refractivity contribution in [1.82, 2.24) is 16.0 Å². The fraction of sp³-hybridized carbons (Fsp3) is 0.688. The number of aliphatic hydroxyl groups excluding tert-OH is 1. The number of aliphatic hydroxyl groups is 1. The van der Waals surface area contributed by atoms with Crippen LogP contribution in [0, 0.1) is 5.92 Å². The number of aliphatic carboxylic acids is 1. The predicted octanol–water partition coefficient (Wildman–Crippen LogP) is -3.22. The molecular weight excluding hydrogens is 374 g/mol. The minimum Gasteiger partial charge on any atom is -0.480 e. The Labute approximate surface area is 162 Å². The van der Waals surface area contributed by atoms with Gasteiger partial charge >= 0.3 is 5.97 Å². The molecule has 160 valence electrons. The van der Waals surface area contributed by atoms with E-state index in [1.807, 2.05) is 0 Å². The van der Waals surface area contributed by atoms with Crippen LogP contribution >= 0.6 is 0 Å². The molecule has 0 fully saturated rings. The highest BCUT2D eigenvalue weighted by molar-refractivity contribution is 5.96. The van der Waals surface area contributed by atoms with Crippen molar-refractivity contribution < 1.29 is 34.2 Å². The van der Waals surface area contributed by atoms with E-state index in [0.717, 1.165) is 0 Å². The number of hydrogen-bond acceptors (Lipinski definition) is 7. The zero-order chi connectivity index (χ0) is 22.2. The first-order valence-electron chi connectivity index (χ1n) is 8.63. The van der Waals surface area contributed by atoms with Crippen molar-refractivity contribution in [3.05, 3.63) is 0 Å². The summed E-state index contributed by atoms with van der Waals surface area (Å²) in [6, 6.07) is -5.09. The number of primary amides is 1. The van der Waals surface area contributed by atoms with Gasteiger partial charge in [0.15, 0.2) is 0 Å². The molecule has 0 aliphatic carbocycles. The van der Waals surface area contributed by atoms with E-state index in [1.165, 1.54) is 13.8 Å². The Morgan fingerprint density at radius 2 is 1.43 bits per heavy atom. The molecular formula is C16H29N5O7. The lowest BCUT2D eigenvalue weighted by atomic mass is 10.0. The zero-order valence-corrected chi connectivity index (χ0v) is 16.3. The van der Waals surface area contributed by atoms with Crippen LogP contribution in [0.25, 0.3) is 0 Å². The summed E-state index contributed by atoms with van der Waals surface area (Å²) >= 11 is 0. The van der Waals surface area contributed by atoms with E-state index in [2.05, 4.69) is 16.0 Å². The van der Waals surface area contributed by atoms with Crippen LogP contribution in [0.4, 0.5) is 0 Å². The number of carbonyl (C=O) groups excluding carboxylic acids is 4. The van der Waals surface area contributed by atoms with Crippen LogP contribution in [0.1, 0.15) is 34.1 Å². The summed E-state index contributed by atoms with van der Waals surface area (Å²) in [5.41, 5.74) is 10.6. The zero-order valence-electron chi connectivity index (χ0n) is 16.3. The Balaban J connectivity index is 5.32. The number of carboxylic acids is 1. The van der Waals surface area contributed by atoms with Crippen LogP contribution in [0.15, 0.2) is 0 Å². The molecule has 28 heavy (non-hydrogen) atoms. The van der Waals surface area contributed by atoms with E-state index in [9.17, 15) is 29.1 Å². The standard InChI is InChI=1S/C16H29N5O7/c1-6(2)12(15(26)19-7(3)16(27)28)21-13(24)9(5-10(17)23)20-14(25)11(18)8(4)22/h6-9,11-12,22H,5,18H2,1-4H3,(H2,17,23)(H,19,26)(H,20,25)(H,21,24)(H,27,28). The number of amides is 4. The maximum atomic E-state index is 12.5. The van der Waals surface area contributed by atoms with Gasteiger partial charge in [-0.05, 0) is 19.8 Å². The van der Waals surface area contributed by atoms with Gasteiger partial charge in [-0.25, -0.2) is 0 Å². The fourth-order valence-corrected chi connectivity index (χ4v) is 2.05. The number of carboxylic acid groups (broad SMARTS) is 1. The molecule has 0 aromatic heterocycles. The number of hydrogen-bond donors (Lipinski definition) is 7. The molecule has 0 saturated heterocycles. The number of nitrogens with two attached hydrogens (primary N) is 2. The van der Waals surface area contributed by atoms with Crippen LogP contribution in [-0.4, -0.2) is 70.1 Å². The summed E-state index contributed by atoms with van der Waals surface area (Å²) in [5, 5.41) is 25.1. The first-order valence-corrected chi connectivity index (χ1v) is 8.63. The molecule has 0 aliphatic heterocycles. The molecule has 12 heteroatoms. The van der Waals surface area contributed by atoms with Crippen LogP contribution in [0.5, 0.6) is 0 Å². The molecule has 5 unspecified atom stereocenters. The van der Waals surface area contributed by atoms with Gasteiger partial charge in [0.1, 0.15) is 24.2 Å². The van der Waals surface area contributed by atoms with Gasteiger partial charge in [0.25, 0.3) is 0 Å². The second-order valence-corrected chi connectivity index (χ2v) is 6.80. The Kier molecular flexibility index (Phi) is 10.1. The van der Waals surface area contributed by atoms with Gasteiger partial charge in [-0.15, -0.1) is 0 Å². The van der Waals surface area contributed by atoms with Gasteiger partial charge in [0.2, 0.25) is 23.6 Å². The Hall–Kier alpha value is -2.73. The Morgan fingerprint density at radius 1 is 0.893 bits per heavy atom. The second kappa shape index (κ2) is 11.2. The first-order chi connectivity index (χ1) is 12.8. The van der Waals surface area contributed by atoms with Crippen LogP contribution in [0.3, 0.4) is 0 Å². The lowest BCUT2D eigenvalue weighted by molar-refractivity contribution is -0.142. The molecule has 0 bridgehead atoms. The van der Waals surface area contributed by atoms with Crippen LogP contribution in [0.2, 0.25) is 0 Å². The van der Waals surface area contributed by atoms with Crippen molar-refractivity contribution in [2.45, 2.75) is 64.4 Å². The van der Waals surface area contributed by atoms with Gasteiger partial charge in [-0.1, -0.05) is 13.8 Å². The third-order valence-corrected chi connectivity index (χ3v) is 3.84. The van der Waals surface area contributed by atoms with Gasteiger partial charge < -0.3 is 37.6 Å². The summed E-state index contributed by atoms with van der Waals surface area (Å²) in [6.07, 6.45) is -1.77. The van der Waals surface area contributed by atoms with Gasteiger partial charge in [-0.3, -0.25) is 24.0 Å². The quantitative estimate of drug-likeness (QED) is 0.186. The molecule has 5 atom stereocenters. The van der Waals surface area contributed by atoms with Gasteiger partial charge in [-0.2, -0.15) is 0 Å². The molecule has 0 rings (SSSR count). The smallest absolute Gasteiger partial charge is 0.325 e. The molecule has 0 radical (unpaired) electrons. The monoisotopic (exact) mass is 403 g/mol. The Morgan fingerprint density at radius 3 is 1.82 bits per heavy atom. The van der Waals surface area contributed by atoms with Crippen LogP contribution in [-0.2, 0) is 24.0 Å². The SMILES string of the molecule is CC(NC(=O)C(NC(=O)C(CC(N)=O)NC(=O)C(N)C(C)O)C(C)C)C(=O)O. The molecule has 0 aliphatic rings. The fourth-order valence-electron chi connectivity index (χ4n) is 2.05. The third-order valence-electron chi connectivity index (χ3n) is 3.84. The minimum atomic E-state index is -1.43. The number of nitrogens with one attached hydrogen (secondary N) is 3. The summed E-state index contributed by atoms with van der Waals surface area (Å²) in [6.45, 7) is 5.76. The van der Waals surface area contributed by atoms with E-state index in [-0.39, 0.29) is 0 Å². The predicted molar refractivity (Wildman–Crippen MR) is 97.4 cm³/mol. The molecule has 12 nitrogen and oxygen atoms in total. The number of rotatable bonds is 11. The Bertz CT molecular complexity index is 608. The van der Waals surface area contributed by atoms with Crippen molar-refractivity contribution in [2.75, 3.05) is 0 Å². The molecule has 4 amide bonds. The maximum absolute atomic E-state index is 12.5. The first kappa shape index (κ1) is 25.3. The molecule has 9 N–H and O–H groups in total. The average Bonchev–Trinajstić information content (AvgIpc) is 2.56. The normalized spacial score (nSPS) is 16.2.